The summed E-state index contributed by atoms with van der Waals surface area (Å²) in [7, 11) is 2.13. The lowest BCUT2D eigenvalue weighted by atomic mass is 10.0. The highest BCUT2D eigenvalue weighted by molar-refractivity contribution is 6.30. The van der Waals surface area contributed by atoms with Crippen LogP contribution in [0.1, 0.15) is 23.0 Å². The monoisotopic (exact) mass is 400 g/mol. The Kier molecular flexibility index (Phi) is 5.66. The Morgan fingerprint density at radius 1 is 1.00 bits per heavy atom. The van der Waals surface area contributed by atoms with Crippen molar-refractivity contribution in [2.24, 2.45) is 0 Å². The zero-order valence-electron chi connectivity index (χ0n) is 15.7. The molecule has 6 nitrogen and oxygen atoms in total. The molecule has 2 heterocycles. The third-order valence-corrected chi connectivity index (χ3v) is 5.39. The average molecular weight is 401 g/mol. The number of benzene rings is 2. The van der Waals surface area contributed by atoms with Gasteiger partial charge in [-0.3, -0.25) is 4.90 Å². The summed E-state index contributed by atoms with van der Waals surface area (Å²) in [4.78, 5) is 4.72. The van der Waals surface area contributed by atoms with Crippen molar-refractivity contribution >= 4 is 11.6 Å². The molecule has 0 radical (unpaired) electrons. The zero-order valence-corrected chi connectivity index (χ0v) is 16.4. The van der Waals surface area contributed by atoms with Gasteiger partial charge < -0.3 is 4.90 Å². The molecule has 0 N–H and O–H groups in total. The molecule has 2 aromatic carbocycles. The molecule has 1 aliphatic heterocycles. The van der Waals surface area contributed by atoms with E-state index in [9.17, 15) is 4.39 Å². The van der Waals surface area contributed by atoms with Gasteiger partial charge in [0.05, 0.1) is 12.6 Å². The summed E-state index contributed by atoms with van der Waals surface area (Å²) in [6, 6.07) is 14.2. The molecule has 0 saturated carbocycles. The first-order valence-corrected chi connectivity index (χ1v) is 9.66. The number of nitrogens with zero attached hydrogens (tertiary/aromatic N) is 6. The number of halogens is 2. The second kappa shape index (κ2) is 8.34. The van der Waals surface area contributed by atoms with Gasteiger partial charge in [-0.2, -0.15) is 0 Å². The fraction of sp³-hybridized carbons (Fsp3) is 0.350. The molecule has 1 fully saturated rings. The first-order chi connectivity index (χ1) is 13.6. The van der Waals surface area contributed by atoms with E-state index < -0.39 is 0 Å². The summed E-state index contributed by atoms with van der Waals surface area (Å²) in [6.45, 7) is 4.31. The van der Waals surface area contributed by atoms with Crippen molar-refractivity contribution in [2.75, 3.05) is 33.2 Å². The standard InChI is InChI=1S/C20H22ClFN6/c1-26-10-12-27(13-11-26)19(16-4-6-17(21)7-5-16)20-23-24-25-28(20)14-15-2-8-18(22)9-3-15/h2-9,19H,10-14H2,1H3. The smallest absolute Gasteiger partial charge is 0.173 e. The van der Waals surface area contributed by atoms with Crippen molar-refractivity contribution in [1.29, 1.82) is 0 Å². The zero-order chi connectivity index (χ0) is 19.5. The maximum absolute atomic E-state index is 13.2. The molecule has 4 rings (SSSR count). The molecule has 1 saturated heterocycles. The molecule has 1 atom stereocenters. The molecule has 28 heavy (non-hydrogen) atoms. The van der Waals surface area contributed by atoms with E-state index in [2.05, 4.69) is 32.4 Å². The van der Waals surface area contributed by atoms with Gasteiger partial charge in [-0.15, -0.1) is 5.10 Å². The van der Waals surface area contributed by atoms with Crippen molar-refractivity contribution in [1.82, 2.24) is 30.0 Å². The van der Waals surface area contributed by atoms with E-state index in [1.165, 1.54) is 12.1 Å². The molecule has 0 spiro atoms. The number of piperazine rings is 1. The number of rotatable bonds is 5. The molecule has 0 amide bonds. The number of aromatic nitrogens is 4. The predicted octanol–water partition coefficient (Wildman–Crippen LogP) is 2.85. The van der Waals surface area contributed by atoms with Gasteiger partial charge in [-0.1, -0.05) is 35.9 Å². The maximum atomic E-state index is 13.2. The molecular formula is C20H22ClFN6. The van der Waals surface area contributed by atoms with E-state index in [0.717, 1.165) is 43.1 Å². The van der Waals surface area contributed by atoms with Gasteiger partial charge in [0.15, 0.2) is 5.82 Å². The van der Waals surface area contributed by atoms with Gasteiger partial charge in [0.2, 0.25) is 0 Å². The van der Waals surface area contributed by atoms with Crippen LogP contribution in [0.5, 0.6) is 0 Å². The van der Waals surface area contributed by atoms with E-state index in [0.29, 0.717) is 11.6 Å². The summed E-state index contributed by atoms with van der Waals surface area (Å²) in [6.07, 6.45) is 0. The van der Waals surface area contributed by atoms with Gasteiger partial charge >= 0.3 is 0 Å². The van der Waals surface area contributed by atoms with Crippen LogP contribution in [-0.4, -0.2) is 63.2 Å². The quantitative estimate of drug-likeness (QED) is 0.659. The van der Waals surface area contributed by atoms with Gasteiger partial charge in [-0.05, 0) is 52.9 Å². The fourth-order valence-corrected chi connectivity index (χ4v) is 3.66. The molecule has 1 unspecified atom stereocenters. The van der Waals surface area contributed by atoms with E-state index in [1.807, 2.05) is 24.3 Å². The number of hydrogen-bond acceptors (Lipinski definition) is 5. The Morgan fingerprint density at radius 3 is 2.36 bits per heavy atom. The van der Waals surface area contributed by atoms with Gasteiger partial charge in [0.1, 0.15) is 5.82 Å². The van der Waals surface area contributed by atoms with Gasteiger partial charge in [0, 0.05) is 31.2 Å². The summed E-state index contributed by atoms with van der Waals surface area (Å²) in [5, 5.41) is 13.2. The highest BCUT2D eigenvalue weighted by Crippen LogP contribution is 2.29. The molecule has 0 aliphatic carbocycles. The highest BCUT2D eigenvalue weighted by atomic mass is 35.5. The molecule has 146 valence electrons. The molecule has 1 aromatic heterocycles. The first-order valence-electron chi connectivity index (χ1n) is 9.29. The topological polar surface area (TPSA) is 50.1 Å². The van der Waals surface area contributed by atoms with Crippen LogP contribution in [0.3, 0.4) is 0 Å². The SMILES string of the molecule is CN1CCN(C(c2ccc(Cl)cc2)c2nnnn2Cc2ccc(F)cc2)CC1. The van der Waals surface area contributed by atoms with Crippen molar-refractivity contribution in [3.05, 3.63) is 76.3 Å². The minimum atomic E-state index is -0.253. The lowest BCUT2D eigenvalue weighted by Crippen LogP contribution is -2.46. The lowest BCUT2D eigenvalue weighted by Gasteiger charge is -2.37. The van der Waals surface area contributed by atoms with Crippen LogP contribution < -0.4 is 0 Å². The van der Waals surface area contributed by atoms with Crippen molar-refractivity contribution in [3.8, 4) is 0 Å². The Labute approximate surface area is 168 Å². The van der Waals surface area contributed by atoms with E-state index in [1.54, 1.807) is 16.8 Å². The predicted molar refractivity (Wildman–Crippen MR) is 106 cm³/mol. The minimum absolute atomic E-state index is 0.0681. The summed E-state index contributed by atoms with van der Waals surface area (Å²) < 4.78 is 15.0. The van der Waals surface area contributed by atoms with Crippen molar-refractivity contribution in [2.45, 2.75) is 12.6 Å². The lowest BCUT2D eigenvalue weighted by molar-refractivity contribution is 0.121. The van der Waals surface area contributed by atoms with Crippen LogP contribution in [0.4, 0.5) is 4.39 Å². The van der Waals surface area contributed by atoms with Gasteiger partial charge in [0.25, 0.3) is 0 Å². The highest BCUT2D eigenvalue weighted by Gasteiger charge is 2.29. The van der Waals surface area contributed by atoms with Crippen LogP contribution in [0.25, 0.3) is 0 Å². The normalized spacial score (nSPS) is 17.0. The maximum Gasteiger partial charge on any atom is 0.173 e. The largest absolute Gasteiger partial charge is 0.304 e. The molecule has 0 bridgehead atoms. The van der Waals surface area contributed by atoms with E-state index >= 15 is 0 Å². The van der Waals surface area contributed by atoms with Crippen LogP contribution in [0.15, 0.2) is 48.5 Å². The van der Waals surface area contributed by atoms with Crippen LogP contribution >= 0.6 is 11.6 Å². The fourth-order valence-electron chi connectivity index (χ4n) is 3.53. The third-order valence-electron chi connectivity index (χ3n) is 5.14. The summed E-state index contributed by atoms with van der Waals surface area (Å²) >= 11 is 6.10. The molecular weight excluding hydrogens is 379 g/mol. The van der Waals surface area contributed by atoms with Crippen molar-refractivity contribution in [3.63, 3.8) is 0 Å². The molecule has 1 aliphatic rings. The Hall–Kier alpha value is -2.35. The van der Waals surface area contributed by atoms with E-state index in [-0.39, 0.29) is 11.9 Å². The summed E-state index contributed by atoms with van der Waals surface area (Å²) in [5.74, 6) is 0.522. The second-order valence-corrected chi connectivity index (χ2v) is 7.55. The first kappa shape index (κ1) is 19.0. The van der Waals surface area contributed by atoms with Crippen molar-refractivity contribution < 1.29 is 4.39 Å². The second-order valence-electron chi connectivity index (χ2n) is 7.11. The van der Waals surface area contributed by atoms with Crippen LogP contribution in [0.2, 0.25) is 5.02 Å². The van der Waals surface area contributed by atoms with Gasteiger partial charge in [-0.25, -0.2) is 9.07 Å². The Bertz CT molecular complexity index is 903. The summed E-state index contributed by atoms with van der Waals surface area (Å²) in [5.41, 5.74) is 2.05. The van der Waals surface area contributed by atoms with Crippen LogP contribution in [0, 0.1) is 5.82 Å². The molecule has 3 aromatic rings. The third kappa shape index (κ3) is 4.22. The minimum Gasteiger partial charge on any atom is -0.304 e. The molecule has 8 heteroatoms. The number of tetrazole rings is 1. The van der Waals surface area contributed by atoms with Crippen LogP contribution in [-0.2, 0) is 6.54 Å². The number of hydrogen-bond donors (Lipinski definition) is 0. The average Bonchev–Trinajstić information content (AvgIpc) is 3.14. The Balaban J connectivity index is 1.67. The Morgan fingerprint density at radius 2 is 1.68 bits per heavy atom. The number of likely N-dealkylation sites (N-methyl/N-ethyl adjacent to an activating group) is 1. The van der Waals surface area contributed by atoms with E-state index in [4.69, 9.17) is 11.6 Å².